The topological polar surface area (TPSA) is 53.1 Å². The van der Waals surface area contributed by atoms with Crippen LogP contribution >= 0.6 is 11.6 Å². The van der Waals surface area contributed by atoms with Crippen LogP contribution < -0.4 is 5.43 Å². The molecule has 0 amide bonds. The molecule has 4 rings (SSSR count). The van der Waals surface area contributed by atoms with Crippen LogP contribution in [0.25, 0.3) is 10.9 Å². The van der Waals surface area contributed by atoms with Gasteiger partial charge in [-0.05, 0) is 42.3 Å². The number of rotatable bonds is 6. The maximum atomic E-state index is 9.01. The van der Waals surface area contributed by atoms with Gasteiger partial charge in [0.1, 0.15) is 0 Å². The van der Waals surface area contributed by atoms with Gasteiger partial charge in [0.05, 0.1) is 24.4 Å². The first-order chi connectivity index (χ1) is 14.7. The predicted molar refractivity (Wildman–Crippen MR) is 123 cm³/mol. The average Bonchev–Trinajstić information content (AvgIpc) is 3.04. The van der Waals surface area contributed by atoms with Gasteiger partial charge >= 0.3 is 0 Å². The van der Waals surface area contributed by atoms with Crippen LogP contribution in [0.15, 0.2) is 77.9 Å². The molecule has 0 fully saturated rings. The highest BCUT2D eigenvalue weighted by Crippen LogP contribution is 2.25. The third kappa shape index (κ3) is 4.07. The van der Waals surface area contributed by atoms with E-state index in [1.54, 1.807) is 0 Å². The molecule has 30 heavy (non-hydrogen) atoms. The molecule has 1 N–H and O–H groups in total. The molecule has 0 aliphatic rings. The Bertz CT molecular complexity index is 1250. The largest absolute Gasteiger partial charge is 0.340 e. The first-order valence-corrected chi connectivity index (χ1v) is 10.1. The molecule has 0 bridgehead atoms. The summed E-state index contributed by atoms with van der Waals surface area (Å²) in [5, 5.41) is 15.4. The number of nitrogens with zero attached hydrogens (tertiary/aromatic N) is 3. The van der Waals surface area contributed by atoms with Gasteiger partial charge in [-0.1, -0.05) is 60.1 Å². The van der Waals surface area contributed by atoms with E-state index in [9.17, 15) is 0 Å². The first-order valence-electron chi connectivity index (χ1n) is 9.73. The number of hydrogen-bond donors (Lipinski definition) is 1. The number of hydrogen-bond acceptors (Lipinski definition) is 3. The SMILES string of the molecule is Cc1c(/C=N\NCc2ccccc2Cl)c2ccccc2n1Cc1ccc(C#N)cc1. The van der Waals surface area contributed by atoms with Crippen molar-refractivity contribution in [2.75, 3.05) is 0 Å². The van der Waals surface area contributed by atoms with E-state index in [1.165, 1.54) is 0 Å². The zero-order valence-corrected chi connectivity index (χ0v) is 17.4. The number of aromatic nitrogens is 1. The Morgan fingerprint density at radius 3 is 2.53 bits per heavy atom. The van der Waals surface area contributed by atoms with Crippen LogP contribution in [0.4, 0.5) is 0 Å². The van der Waals surface area contributed by atoms with Crippen LogP contribution in [0, 0.1) is 18.3 Å². The van der Waals surface area contributed by atoms with Gasteiger partial charge < -0.3 is 9.99 Å². The van der Waals surface area contributed by atoms with Crippen LogP contribution in [0.3, 0.4) is 0 Å². The van der Waals surface area contributed by atoms with Gasteiger partial charge in [-0.3, -0.25) is 0 Å². The molecule has 0 aliphatic heterocycles. The minimum Gasteiger partial charge on any atom is -0.340 e. The zero-order chi connectivity index (χ0) is 20.9. The van der Waals surface area contributed by atoms with Crippen molar-refractivity contribution in [2.45, 2.75) is 20.0 Å². The third-order valence-electron chi connectivity index (χ3n) is 5.22. The van der Waals surface area contributed by atoms with Crippen LogP contribution in [0.2, 0.25) is 5.02 Å². The molecule has 0 atom stereocenters. The Balaban J connectivity index is 1.60. The van der Waals surface area contributed by atoms with Crippen molar-refractivity contribution in [3.05, 3.63) is 106 Å². The number of nitriles is 1. The number of benzene rings is 3. The lowest BCUT2D eigenvalue weighted by Gasteiger charge is -2.09. The third-order valence-corrected chi connectivity index (χ3v) is 5.58. The van der Waals surface area contributed by atoms with Crippen LogP contribution in [0.1, 0.15) is 27.9 Å². The molecule has 4 aromatic rings. The van der Waals surface area contributed by atoms with Crippen molar-refractivity contribution in [2.24, 2.45) is 5.10 Å². The van der Waals surface area contributed by atoms with Crippen LogP contribution in [-0.2, 0) is 13.1 Å². The van der Waals surface area contributed by atoms with Gasteiger partial charge in [-0.15, -0.1) is 0 Å². The zero-order valence-electron chi connectivity index (χ0n) is 16.6. The monoisotopic (exact) mass is 412 g/mol. The maximum absolute atomic E-state index is 9.01. The van der Waals surface area contributed by atoms with Crippen molar-refractivity contribution in [1.29, 1.82) is 5.26 Å². The van der Waals surface area contributed by atoms with E-state index in [0.29, 0.717) is 12.1 Å². The quantitative estimate of drug-likeness (QED) is 0.329. The Labute approximate surface area is 181 Å². The normalized spacial score (nSPS) is 11.1. The lowest BCUT2D eigenvalue weighted by Crippen LogP contribution is -2.06. The molecule has 4 nitrogen and oxygen atoms in total. The molecule has 1 heterocycles. The van der Waals surface area contributed by atoms with Crippen molar-refractivity contribution >= 4 is 28.7 Å². The summed E-state index contributed by atoms with van der Waals surface area (Å²) in [6.07, 6.45) is 1.88. The second kappa shape index (κ2) is 8.86. The van der Waals surface area contributed by atoms with Gasteiger partial charge in [0.15, 0.2) is 0 Å². The highest BCUT2D eigenvalue weighted by molar-refractivity contribution is 6.31. The first kappa shape index (κ1) is 19.8. The fourth-order valence-electron chi connectivity index (χ4n) is 3.57. The lowest BCUT2D eigenvalue weighted by atomic mass is 10.1. The van der Waals surface area contributed by atoms with E-state index < -0.39 is 0 Å². The average molecular weight is 413 g/mol. The fourth-order valence-corrected chi connectivity index (χ4v) is 3.78. The second-order valence-corrected chi connectivity index (χ2v) is 7.50. The summed E-state index contributed by atoms with van der Waals surface area (Å²) in [6, 6.07) is 26.0. The van der Waals surface area contributed by atoms with Crippen molar-refractivity contribution in [3.8, 4) is 6.07 Å². The number of nitrogens with one attached hydrogen (secondary N) is 1. The molecule has 0 radical (unpaired) electrons. The van der Waals surface area contributed by atoms with Crippen molar-refractivity contribution in [1.82, 2.24) is 9.99 Å². The summed E-state index contributed by atoms with van der Waals surface area (Å²) in [6.45, 7) is 3.41. The molecule has 148 valence electrons. The van der Waals surface area contributed by atoms with Crippen molar-refractivity contribution < 1.29 is 0 Å². The van der Waals surface area contributed by atoms with E-state index in [4.69, 9.17) is 16.9 Å². The van der Waals surface area contributed by atoms with Gasteiger partial charge in [0, 0.05) is 33.7 Å². The Hall–Kier alpha value is -3.55. The minimum atomic E-state index is 0.569. The van der Waals surface area contributed by atoms with E-state index in [2.05, 4.69) is 40.2 Å². The highest BCUT2D eigenvalue weighted by Gasteiger charge is 2.12. The molecule has 0 saturated heterocycles. The molecule has 3 aromatic carbocycles. The minimum absolute atomic E-state index is 0.569. The number of para-hydroxylation sites is 1. The number of fused-ring (bicyclic) bond motifs is 1. The summed E-state index contributed by atoms with van der Waals surface area (Å²) < 4.78 is 2.28. The van der Waals surface area contributed by atoms with E-state index in [1.807, 2.05) is 66.9 Å². The predicted octanol–water partition coefficient (Wildman–Crippen LogP) is 5.65. The van der Waals surface area contributed by atoms with Crippen LogP contribution in [0.5, 0.6) is 0 Å². The number of halogens is 1. The lowest BCUT2D eigenvalue weighted by molar-refractivity contribution is 0.748. The highest BCUT2D eigenvalue weighted by atomic mass is 35.5. The number of hydrazone groups is 1. The molecule has 0 spiro atoms. The molecule has 0 saturated carbocycles. The van der Waals surface area contributed by atoms with Crippen LogP contribution in [-0.4, -0.2) is 10.8 Å². The van der Waals surface area contributed by atoms with Gasteiger partial charge in [0.25, 0.3) is 0 Å². The molecular weight excluding hydrogens is 392 g/mol. The summed E-state index contributed by atoms with van der Waals surface area (Å²) >= 11 is 6.21. The van der Waals surface area contributed by atoms with E-state index in [-0.39, 0.29) is 0 Å². The summed E-state index contributed by atoms with van der Waals surface area (Å²) in [5.74, 6) is 0. The standard InChI is InChI=1S/C25H21ClN4/c1-18-23(16-29-28-15-21-6-2-4-8-24(21)26)22-7-3-5-9-25(22)30(18)17-20-12-10-19(14-27)11-13-20/h2-13,16,28H,15,17H2,1H3/b29-16-. The summed E-state index contributed by atoms with van der Waals surface area (Å²) in [5.41, 5.74) is 9.32. The fraction of sp³-hybridized carbons (Fsp3) is 0.120. The van der Waals surface area contributed by atoms with E-state index >= 15 is 0 Å². The smallest absolute Gasteiger partial charge is 0.0991 e. The Kier molecular flexibility index (Phi) is 5.83. The summed E-state index contributed by atoms with van der Waals surface area (Å²) in [4.78, 5) is 0. The van der Waals surface area contributed by atoms with Gasteiger partial charge in [-0.25, -0.2) is 0 Å². The molecule has 5 heteroatoms. The molecule has 0 aliphatic carbocycles. The molecule has 0 unspecified atom stereocenters. The van der Waals surface area contributed by atoms with E-state index in [0.717, 1.165) is 44.9 Å². The van der Waals surface area contributed by atoms with Gasteiger partial charge in [0.2, 0.25) is 0 Å². The van der Waals surface area contributed by atoms with Gasteiger partial charge in [-0.2, -0.15) is 10.4 Å². The Morgan fingerprint density at radius 2 is 1.77 bits per heavy atom. The second-order valence-electron chi connectivity index (χ2n) is 7.10. The molecule has 1 aromatic heterocycles. The summed E-state index contributed by atoms with van der Waals surface area (Å²) in [7, 11) is 0. The molecular formula is C25H21ClN4. The van der Waals surface area contributed by atoms with Crippen molar-refractivity contribution in [3.63, 3.8) is 0 Å². The maximum Gasteiger partial charge on any atom is 0.0991 e. The Morgan fingerprint density at radius 1 is 1.03 bits per heavy atom.